The average molecular weight is 281 g/mol. The normalized spacial score (nSPS) is 11.2. The van der Waals surface area contributed by atoms with Crippen LogP contribution in [0.2, 0.25) is 0 Å². The van der Waals surface area contributed by atoms with Gasteiger partial charge < -0.3 is 10.0 Å². The summed E-state index contributed by atoms with van der Waals surface area (Å²) in [4.78, 5) is 2.09. The van der Waals surface area contributed by atoms with E-state index in [1.807, 2.05) is 25.9 Å². The van der Waals surface area contributed by atoms with Crippen molar-refractivity contribution in [3.63, 3.8) is 0 Å². The fraction of sp³-hybridized carbons (Fsp3) is 0.625. The van der Waals surface area contributed by atoms with Gasteiger partial charge in [0.25, 0.3) is 0 Å². The zero-order valence-corrected chi connectivity index (χ0v) is 13.5. The van der Waals surface area contributed by atoms with E-state index in [0.717, 1.165) is 30.5 Å². The quantitative estimate of drug-likeness (QED) is 0.732. The van der Waals surface area contributed by atoms with E-state index in [4.69, 9.17) is 0 Å². The lowest BCUT2D eigenvalue weighted by atomic mass is 10.0. The van der Waals surface area contributed by atoms with Gasteiger partial charge in [-0.25, -0.2) is 0 Å². The van der Waals surface area contributed by atoms with E-state index in [9.17, 15) is 5.11 Å². The molecule has 3 heteroatoms. The van der Waals surface area contributed by atoms with E-state index < -0.39 is 0 Å². The minimum atomic E-state index is 0.500. The molecule has 0 aliphatic rings. The molecular formula is C16H27NOS. The number of nitrogens with zero attached hydrogens (tertiary/aromatic N) is 1. The molecule has 2 nitrogen and oxygen atoms in total. The highest BCUT2D eigenvalue weighted by atomic mass is 32.2. The van der Waals surface area contributed by atoms with E-state index in [1.54, 1.807) is 0 Å². The summed E-state index contributed by atoms with van der Waals surface area (Å²) in [5, 5.41) is 10.3. The Morgan fingerprint density at radius 3 is 2.47 bits per heavy atom. The Labute approximate surface area is 122 Å². The third-order valence-corrected chi connectivity index (χ3v) is 4.26. The largest absolute Gasteiger partial charge is 0.507 e. The molecule has 19 heavy (non-hydrogen) atoms. The summed E-state index contributed by atoms with van der Waals surface area (Å²) in [5.41, 5.74) is 3.39. The highest BCUT2D eigenvalue weighted by Gasteiger charge is 2.09. The van der Waals surface area contributed by atoms with E-state index in [2.05, 4.69) is 30.9 Å². The lowest BCUT2D eigenvalue weighted by Gasteiger charge is -2.15. The molecule has 0 bridgehead atoms. The van der Waals surface area contributed by atoms with Crippen molar-refractivity contribution in [2.75, 3.05) is 25.6 Å². The number of thioether (sulfide) groups is 1. The lowest BCUT2D eigenvalue weighted by Crippen LogP contribution is -2.11. The number of phenolic OH excluding ortho intramolecular Hbond substituents is 1. The van der Waals surface area contributed by atoms with Crippen LogP contribution in [0, 0.1) is 6.92 Å². The van der Waals surface area contributed by atoms with Gasteiger partial charge in [0.1, 0.15) is 5.75 Å². The van der Waals surface area contributed by atoms with Crippen LogP contribution in [0.15, 0.2) is 12.1 Å². The van der Waals surface area contributed by atoms with Crippen LogP contribution in [0.5, 0.6) is 5.75 Å². The fourth-order valence-corrected chi connectivity index (χ4v) is 3.04. The fourth-order valence-electron chi connectivity index (χ4n) is 2.20. The molecule has 1 rings (SSSR count). The molecule has 0 radical (unpaired) electrons. The van der Waals surface area contributed by atoms with Crippen LogP contribution >= 0.6 is 11.8 Å². The van der Waals surface area contributed by atoms with Crippen molar-refractivity contribution in [3.8, 4) is 5.75 Å². The monoisotopic (exact) mass is 281 g/mol. The van der Waals surface area contributed by atoms with E-state index in [0.29, 0.717) is 5.75 Å². The van der Waals surface area contributed by atoms with Crippen molar-refractivity contribution in [3.05, 3.63) is 28.8 Å². The van der Waals surface area contributed by atoms with Gasteiger partial charge in [-0.15, -0.1) is 0 Å². The molecule has 0 atom stereocenters. The lowest BCUT2D eigenvalue weighted by molar-refractivity contribution is 0.384. The van der Waals surface area contributed by atoms with Crippen LogP contribution in [0.4, 0.5) is 0 Å². The predicted molar refractivity (Wildman–Crippen MR) is 86.2 cm³/mol. The topological polar surface area (TPSA) is 23.5 Å². The maximum absolute atomic E-state index is 10.3. The van der Waals surface area contributed by atoms with E-state index in [-0.39, 0.29) is 0 Å². The number of phenols is 1. The second-order valence-electron chi connectivity index (χ2n) is 5.39. The molecular weight excluding hydrogens is 254 g/mol. The third kappa shape index (κ3) is 5.87. The minimum Gasteiger partial charge on any atom is -0.507 e. The van der Waals surface area contributed by atoms with Gasteiger partial charge in [-0.2, -0.15) is 11.8 Å². The van der Waals surface area contributed by atoms with Crippen LogP contribution in [0.1, 0.15) is 36.5 Å². The van der Waals surface area contributed by atoms with Gasteiger partial charge in [0, 0.05) is 12.1 Å². The molecule has 0 saturated heterocycles. The van der Waals surface area contributed by atoms with Crippen LogP contribution in [0.3, 0.4) is 0 Å². The molecule has 0 saturated carbocycles. The third-order valence-electron chi connectivity index (χ3n) is 2.98. The predicted octanol–water partition coefficient (Wildman–Crippen LogP) is 3.84. The van der Waals surface area contributed by atoms with Gasteiger partial charge in [-0.1, -0.05) is 24.6 Å². The smallest absolute Gasteiger partial charge is 0.123 e. The molecule has 0 amide bonds. The number of aromatic hydroxyl groups is 1. The van der Waals surface area contributed by atoms with Gasteiger partial charge in [0.15, 0.2) is 0 Å². The van der Waals surface area contributed by atoms with Gasteiger partial charge in [-0.05, 0) is 57.4 Å². The molecule has 0 aliphatic heterocycles. The zero-order chi connectivity index (χ0) is 14.3. The SMILES string of the molecule is CCCSCCCc1cc(C)cc(CN(C)C)c1O. The van der Waals surface area contributed by atoms with Crippen molar-refractivity contribution < 1.29 is 5.11 Å². The molecule has 108 valence electrons. The number of hydrogen-bond acceptors (Lipinski definition) is 3. The van der Waals surface area contributed by atoms with Crippen LogP contribution in [-0.2, 0) is 13.0 Å². The molecule has 1 N–H and O–H groups in total. The number of hydrogen-bond donors (Lipinski definition) is 1. The van der Waals surface area contributed by atoms with Crippen molar-refractivity contribution in [2.24, 2.45) is 0 Å². The van der Waals surface area contributed by atoms with Crippen molar-refractivity contribution in [2.45, 2.75) is 39.7 Å². The molecule has 1 aromatic carbocycles. The Kier molecular flexibility index (Phi) is 7.32. The van der Waals surface area contributed by atoms with Gasteiger partial charge in [0.2, 0.25) is 0 Å². The Bertz CT molecular complexity index is 391. The summed E-state index contributed by atoms with van der Waals surface area (Å²) < 4.78 is 0. The summed E-state index contributed by atoms with van der Waals surface area (Å²) in [5.74, 6) is 2.93. The number of benzene rings is 1. The van der Waals surface area contributed by atoms with E-state index >= 15 is 0 Å². The first-order valence-corrected chi connectivity index (χ1v) is 8.24. The summed E-state index contributed by atoms with van der Waals surface area (Å²) in [6, 6.07) is 4.21. The maximum atomic E-state index is 10.3. The number of rotatable bonds is 8. The zero-order valence-electron chi connectivity index (χ0n) is 12.7. The molecule has 1 aromatic rings. The summed E-state index contributed by atoms with van der Waals surface area (Å²) in [6.45, 7) is 5.12. The summed E-state index contributed by atoms with van der Waals surface area (Å²) in [7, 11) is 4.06. The first-order chi connectivity index (χ1) is 9.04. The van der Waals surface area contributed by atoms with Gasteiger partial charge >= 0.3 is 0 Å². The molecule has 0 aromatic heterocycles. The molecule has 0 unspecified atom stereocenters. The molecule has 0 aliphatic carbocycles. The Morgan fingerprint density at radius 1 is 1.16 bits per heavy atom. The Morgan fingerprint density at radius 2 is 1.84 bits per heavy atom. The summed E-state index contributed by atoms with van der Waals surface area (Å²) in [6.07, 6.45) is 3.36. The van der Waals surface area contributed by atoms with Crippen LogP contribution in [-0.4, -0.2) is 35.6 Å². The Hall–Kier alpha value is -0.670. The summed E-state index contributed by atoms with van der Waals surface area (Å²) >= 11 is 2.01. The molecule has 0 spiro atoms. The highest BCUT2D eigenvalue weighted by Crippen LogP contribution is 2.27. The average Bonchev–Trinajstić information content (AvgIpc) is 2.33. The van der Waals surface area contributed by atoms with E-state index in [1.165, 1.54) is 23.5 Å². The first kappa shape index (κ1) is 16.4. The van der Waals surface area contributed by atoms with Crippen LogP contribution in [0.25, 0.3) is 0 Å². The standard InChI is InChI=1S/C16H27NOS/c1-5-8-19-9-6-7-14-10-13(2)11-15(16(14)18)12-17(3)4/h10-11,18H,5-9,12H2,1-4H3. The minimum absolute atomic E-state index is 0.500. The number of aryl methyl sites for hydroxylation is 2. The van der Waals surface area contributed by atoms with Crippen molar-refractivity contribution in [1.82, 2.24) is 4.90 Å². The second kappa shape index (κ2) is 8.49. The first-order valence-electron chi connectivity index (χ1n) is 7.08. The maximum Gasteiger partial charge on any atom is 0.123 e. The van der Waals surface area contributed by atoms with Crippen molar-refractivity contribution >= 4 is 11.8 Å². The van der Waals surface area contributed by atoms with Crippen molar-refractivity contribution in [1.29, 1.82) is 0 Å². The van der Waals surface area contributed by atoms with Gasteiger partial charge in [0.05, 0.1) is 0 Å². The second-order valence-corrected chi connectivity index (χ2v) is 6.61. The Balaban J connectivity index is 2.64. The molecule has 0 heterocycles. The highest BCUT2D eigenvalue weighted by molar-refractivity contribution is 7.99. The van der Waals surface area contributed by atoms with Gasteiger partial charge in [-0.3, -0.25) is 0 Å². The molecule has 0 fully saturated rings. The van der Waals surface area contributed by atoms with Crippen LogP contribution < -0.4 is 0 Å².